The van der Waals surface area contributed by atoms with Crippen LogP contribution in [0.5, 0.6) is 0 Å². The fourth-order valence-corrected chi connectivity index (χ4v) is 12.3. The number of nitriles is 1. The molecule has 0 N–H and O–H groups in total. The maximum absolute atomic E-state index is 10.1. The van der Waals surface area contributed by atoms with E-state index in [4.69, 9.17) is 9.97 Å². The number of fused-ring (bicyclic) bond motifs is 12. The summed E-state index contributed by atoms with van der Waals surface area (Å²) in [5.41, 5.74) is 17.7. The van der Waals surface area contributed by atoms with E-state index in [0.29, 0.717) is 17.2 Å². The van der Waals surface area contributed by atoms with E-state index in [-0.39, 0.29) is 0 Å². The number of nitrogens with zero attached hydrogens (tertiary/aromatic N) is 7. The van der Waals surface area contributed by atoms with Crippen LogP contribution in [0.3, 0.4) is 0 Å². The smallest absolute Gasteiger partial charge is 0.237 e. The van der Waals surface area contributed by atoms with Crippen molar-refractivity contribution in [1.29, 1.82) is 5.26 Å². The largest absolute Gasteiger partial charge is 0.309 e. The zero-order valence-corrected chi connectivity index (χ0v) is 42.0. The van der Waals surface area contributed by atoms with Gasteiger partial charge < -0.3 is 9.13 Å². The first kappa shape index (κ1) is 43.6. The SMILES string of the molecule is N#Cc1cccc(-c2cc(-n3c4ccccc4c4cc(-c5ccc6c(c5)c5ccccc5n6-c5ccccc5)ccc43)nc(-n3c4ccccc4c4cc(-c5ccc6c(c5)c5ccccc5n6-c5ccccc5)ccc43)n2)c1. The summed E-state index contributed by atoms with van der Waals surface area (Å²) in [5, 5.41) is 19.4. The molecule has 0 aliphatic rings. The molecule has 0 fully saturated rings. The molecule has 0 saturated carbocycles. The van der Waals surface area contributed by atoms with Crippen molar-refractivity contribution in [3.05, 3.63) is 266 Å². The molecular formula is C71H43N7. The topological polar surface area (TPSA) is 69.3 Å². The van der Waals surface area contributed by atoms with Gasteiger partial charge in [0, 0.05) is 66.1 Å². The number of aromatic nitrogens is 6. The van der Waals surface area contributed by atoms with Crippen molar-refractivity contribution in [2.45, 2.75) is 0 Å². The Morgan fingerprint density at radius 3 is 1.09 bits per heavy atom. The van der Waals surface area contributed by atoms with E-state index in [1.54, 1.807) is 0 Å². The van der Waals surface area contributed by atoms with E-state index in [1.165, 1.54) is 43.6 Å². The van der Waals surface area contributed by atoms with Gasteiger partial charge in [-0.3, -0.25) is 9.13 Å². The molecule has 362 valence electrons. The van der Waals surface area contributed by atoms with Gasteiger partial charge in [-0.05, 0) is 131 Å². The minimum Gasteiger partial charge on any atom is -0.309 e. The lowest BCUT2D eigenvalue weighted by molar-refractivity contribution is 0.952. The molecule has 0 radical (unpaired) electrons. The highest BCUT2D eigenvalue weighted by molar-refractivity contribution is 6.15. The van der Waals surface area contributed by atoms with Gasteiger partial charge in [0.15, 0.2) is 0 Å². The number of para-hydroxylation sites is 6. The lowest BCUT2D eigenvalue weighted by atomic mass is 10.0. The van der Waals surface area contributed by atoms with Crippen molar-refractivity contribution < 1.29 is 0 Å². The van der Waals surface area contributed by atoms with E-state index < -0.39 is 0 Å². The summed E-state index contributed by atoms with van der Waals surface area (Å²) in [6.07, 6.45) is 0. The second-order valence-electron chi connectivity index (χ2n) is 20.1. The molecule has 5 aromatic heterocycles. The van der Waals surface area contributed by atoms with Gasteiger partial charge in [0.05, 0.1) is 61.5 Å². The average molecular weight is 994 g/mol. The van der Waals surface area contributed by atoms with Gasteiger partial charge in [0.25, 0.3) is 0 Å². The van der Waals surface area contributed by atoms with Crippen LogP contribution in [0, 0.1) is 11.3 Å². The third-order valence-corrected chi connectivity index (χ3v) is 15.8. The van der Waals surface area contributed by atoms with Gasteiger partial charge in [0.2, 0.25) is 5.95 Å². The summed E-state index contributed by atoms with van der Waals surface area (Å²) in [5.74, 6) is 1.25. The summed E-state index contributed by atoms with van der Waals surface area (Å²) >= 11 is 0. The predicted octanol–water partition coefficient (Wildman–Crippen LogP) is 17.7. The highest BCUT2D eigenvalue weighted by Gasteiger charge is 2.22. The Hall–Kier alpha value is -10.8. The van der Waals surface area contributed by atoms with Crippen molar-refractivity contribution in [2.24, 2.45) is 0 Å². The van der Waals surface area contributed by atoms with Crippen molar-refractivity contribution in [2.75, 3.05) is 0 Å². The van der Waals surface area contributed by atoms with E-state index in [2.05, 4.69) is 261 Å². The van der Waals surface area contributed by atoms with Gasteiger partial charge in [-0.15, -0.1) is 0 Å². The molecule has 0 spiro atoms. The molecule has 78 heavy (non-hydrogen) atoms. The second kappa shape index (κ2) is 17.1. The minimum atomic E-state index is 0.532. The van der Waals surface area contributed by atoms with Crippen LogP contribution >= 0.6 is 0 Å². The molecule has 0 aliphatic carbocycles. The minimum absolute atomic E-state index is 0.532. The van der Waals surface area contributed by atoms with Gasteiger partial charge in [0.1, 0.15) is 5.82 Å². The van der Waals surface area contributed by atoms with E-state index in [0.717, 1.165) is 88.6 Å². The van der Waals surface area contributed by atoms with Gasteiger partial charge in [-0.1, -0.05) is 146 Å². The highest BCUT2D eigenvalue weighted by Crippen LogP contribution is 2.41. The van der Waals surface area contributed by atoms with Crippen molar-refractivity contribution in [3.63, 3.8) is 0 Å². The number of hydrogen-bond donors (Lipinski definition) is 0. The van der Waals surface area contributed by atoms with Crippen molar-refractivity contribution in [3.8, 4) is 62.7 Å². The normalized spacial score (nSPS) is 11.8. The molecule has 5 heterocycles. The molecule has 0 saturated heterocycles. The van der Waals surface area contributed by atoms with Crippen LogP contribution in [-0.4, -0.2) is 28.2 Å². The Balaban J connectivity index is 0.869. The zero-order chi connectivity index (χ0) is 51.4. The van der Waals surface area contributed by atoms with Crippen LogP contribution in [0.4, 0.5) is 0 Å². The van der Waals surface area contributed by atoms with Crippen molar-refractivity contribution in [1.82, 2.24) is 28.2 Å². The van der Waals surface area contributed by atoms with Gasteiger partial charge in [-0.25, -0.2) is 4.98 Å². The van der Waals surface area contributed by atoms with Crippen LogP contribution in [0.2, 0.25) is 0 Å². The monoisotopic (exact) mass is 993 g/mol. The molecule has 7 nitrogen and oxygen atoms in total. The van der Waals surface area contributed by atoms with E-state index >= 15 is 0 Å². The second-order valence-corrected chi connectivity index (χ2v) is 20.1. The summed E-state index contributed by atoms with van der Waals surface area (Å²) in [6, 6.07) is 95.0. The summed E-state index contributed by atoms with van der Waals surface area (Å²) in [4.78, 5) is 11.0. The first-order valence-electron chi connectivity index (χ1n) is 26.3. The number of hydrogen-bond acceptors (Lipinski definition) is 3. The Morgan fingerprint density at radius 1 is 0.269 bits per heavy atom. The third-order valence-electron chi connectivity index (χ3n) is 15.8. The molecular weight excluding hydrogens is 951 g/mol. The maximum atomic E-state index is 10.1. The standard InChI is InChI=1S/C71H43N7/c72-44-45-16-15-17-50(38-45)61-43-70(77-64-28-13-9-24-55(64)59-41-48(32-36-68(59)77)46-30-34-66-57(39-46)53-22-7-11-26-62(53)75(66)51-18-3-1-4-19-51)74-71(73-61)78-65-29-14-10-25-56(65)60-42-49(33-37-69(60)78)47-31-35-67-58(40-47)54-23-8-12-27-63(54)76(67)52-20-5-2-6-21-52/h1-43H. The zero-order valence-electron chi connectivity index (χ0n) is 42.0. The van der Waals surface area contributed by atoms with Gasteiger partial charge in [-0.2, -0.15) is 10.2 Å². The molecule has 0 bridgehead atoms. The van der Waals surface area contributed by atoms with E-state index in [9.17, 15) is 5.26 Å². The lowest BCUT2D eigenvalue weighted by Gasteiger charge is -2.14. The Morgan fingerprint density at radius 2 is 0.641 bits per heavy atom. The Labute approximate surface area is 447 Å². The fourth-order valence-electron chi connectivity index (χ4n) is 12.3. The Kier molecular flexibility index (Phi) is 9.56. The molecule has 0 amide bonds. The first-order valence-corrected chi connectivity index (χ1v) is 26.3. The first-order chi connectivity index (χ1) is 38.6. The number of rotatable bonds is 7. The molecule has 16 aromatic rings. The summed E-state index contributed by atoms with van der Waals surface area (Å²) in [6.45, 7) is 0. The Bertz CT molecular complexity index is 4870. The van der Waals surface area contributed by atoms with Crippen LogP contribution in [-0.2, 0) is 0 Å². The summed E-state index contributed by atoms with van der Waals surface area (Å²) in [7, 11) is 0. The van der Waals surface area contributed by atoms with Gasteiger partial charge >= 0.3 is 0 Å². The quantitative estimate of drug-likeness (QED) is 0.160. The van der Waals surface area contributed by atoms with Crippen LogP contribution in [0.1, 0.15) is 5.56 Å². The predicted molar refractivity (Wildman–Crippen MR) is 320 cm³/mol. The molecule has 7 heteroatoms. The molecule has 16 rings (SSSR count). The lowest BCUT2D eigenvalue weighted by Crippen LogP contribution is -2.07. The fraction of sp³-hybridized carbons (Fsp3) is 0. The number of benzene rings is 11. The maximum Gasteiger partial charge on any atom is 0.237 e. The van der Waals surface area contributed by atoms with Crippen molar-refractivity contribution >= 4 is 87.2 Å². The summed E-state index contributed by atoms with van der Waals surface area (Å²) < 4.78 is 9.18. The van der Waals surface area contributed by atoms with Crippen LogP contribution < -0.4 is 0 Å². The van der Waals surface area contributed by atoms with Crippen LogP contribution in [0.25, 0.3) is 144 Å². The average Bonchev–Trinajstić information content (AvgIpc) is 4.31. The molecule has 0 atom stereocenters. The molecule has 11 aromatic carbocycles. The highest BCUT2D eigenvalue weighted by atomic mass is 15.2. The molecule has 0 aliphatic heterocycles. The third kappa shape index (κ3) is 6.64. The van der Waals surface area contributed by atoms with E-state index in [1.807, 2.05) is 24.3 Å². The van der Waals surface area contributed by atoms with Crippen LogP contribution in [0.15, 0.2) is 261 Å². The molecule has 0 unspecified atom stereocenters.